The second kappa shape index (κ2) is 5.47. The lowest BCUT2D eigenvalue weighted by molar-refractivity contribution is 0.191. The van der Waals surface area contributed by atoms with Crippen LogP contribution in [0.25, 0.3) is 0 Å². The SMILES string of the molecule is CC(O)CNCCCS(=O)(=O)O. The third kappa shape index (κ3) is 9.83. The van der Waals surface area contributed by atoms with Crippen LogP contribution < -0.4 is 5.32 Å². The Kier molecular flexibility index (Phi) is 5.39. The van der Waals surface area contributed by atoms with Crippen LogP contribution in [-0.4, -0.2) is 43.0 Å². The molecular weight excluding hydrogens is 182 g/mol. The van der Waals surface area contributed by atoms with E-state index in [1.807, 2.05) is 0 Å². The summed E-state index contributed by atoms with van der Waals surface area (Å²) in [5.74, 6) is -0.236. The van der Waals surface area contributed by atoms with Crippen molar-refractivity contribution >= 4 is 10.1 Å². The predicted octanol–water partition coefficient (Wildman–Crippen LogP) is -0.765. The first-order valence-electron chi connectivity index (χ1n) is 3.76. The van der Waals surface area contributed by atoms with Crippen molar-refractivity contribution in [1.29, 1.82) is 0 Å². The number of nitrogens with one attached hydrogen (secondary N) is 1. The molecule has 5 nitrogen and oxygen atoms in total. The minimum absolute atomic E-state index is 0.236. The van der Waals surface area contributed by atoms with E-state index in [-0.39, 0.29) is 5.75 Å². The van der Waals surface area contributed by atoms with E-state index in [9.17, 15) is 8.42 Å². The fraction of sp³-hybridized carbons (Fsp3) is 1.00. The van der Waals surface area contributed by atoms with Gasteiger partial charge in [0, 0.05) is 6.54 Å². The van der Waals surface area contributed by atoms with Gasteiger partial charge in [0.25, 0.3) is 10.1 Å². The van der Waals surface area contributed by atoms with Crippen molar-refractivity contribution in [3.05, 3.63) is 0 Å². The molecule has 0 saturated heterocycles. The van der Waals surface area contributed by atoms with Gasteiger partial charge in [-0.15, -0.1) is 0 Å². The topological polar surface area (TPSA) is 86.6 Å². The van der Waals surface area contributed by atoms with Gasteiger partial charge in [0.2, 0.25) is 0 Å². The van der Waals surface area contributed by atoms with Crippen LogP contribution in [-0.2, 0) is 10.1 Å². The van der Waals surface area contributed by atoms with Gasteiger partial charge in [-0.25, -0.2) is 0 Å². The molecule has 0 aliphatic rings. The predicted molar refractivity (Wildman–Crippen MR) is 45.6 cm³/mol. The van der Waals surface area contributed by atoms with Gasteiger partial charge in [0.15, 0.2) is 0 Å². The third-order valence-electron chi connectivity index (χ3n) is 1.20. The summed E-state index contributed by atoms with van der Waals surface area (Å²) in [5, 5.41) is 11.6. The standard InChI is InChI=1S/C6H15NO4S/c1-6(8)5-7-3-2-4-12(9,10)11/h6-8H,2-5H2,1H3,(H,9,10,11). The Morgan fingerprint density at radius 3 is 2.50 bits per heavy atom. The Balaban J connectivity index is 3.23. The zero-order valence-corrected chi connectivity index (χ0v) is 7.84. The highest BCUT2D eigenvalue weighted by atomic mass is 32.2. The molecule has 0 aliphatic heterocycles. The summed E-state index contributed by atoms with van der Waals surface area (Å²) in [7, 11) is -3.83. The van der Waals surface area contributed by atoms with E-state index in [2.05, 4.69) is 5.32 Å². The molecule has 74 valence electrons. The number of hydrogen-bond acceptors (Lipinski definition) is 4. The molecule has 0 aromatic carbocycles. The van der Waals surface area contributed by atoms with Crippen LogP contribution in [0.3, 0.4) is 0 Å². The maximum absolute atomic E-state index is 10.2. The Morgan fingerprint density at radius 1 is 1.50 bits per heavy atom. The maximum Gasteiger partial charge on any atom is 0.264 e. The van der Waals surface area contributed by atoms with Gasteiger partial charge in [-0.05, 0) is 19.9 Å². The first kappa shape index (κ1) is 11.8. The first-order valence-corrected chi connectivity index (χ1v) is 5.36. The molecular formula is C6H15NO4S. The van der Waals surface area contributed by atoms with E-state index in [1.165, 1.54) is 0 Å². The molecule has 0 aromatic heterocycles. The van der Waals surface area contributed by atoms with E-state index in [1.54, 1.807) is 6.92 Å². The lowest BCUT2D eigenvalue weighted by Gasteiger charge is -2.05. The van der Waals surface area contributed by atoms with Gasteiger partial charge in [-0.2, -0.15) is 8.42 Å². The van der Waals surface area contributed by atoms with Crippen LogP contribution >= 0.6 is 0 Å². The lowest BCUT2D eigenvalue weighted by atomic mass is 10.4. The molecule has 0 saturated carbocycles. The second-order valence-corrected chi connectivity index (χ2v) is 4.26. The molecule has 0 bridgehead atoms. The Morgan fingerprint density at radius 2 is 2.08 bits per heavy atom. The lowest BCUT2D eigenvalue weighted by Crippen LogP contribution is -2.26. The number of rotatable bonds is 6. The molecule has 6 heteroatoms. The Hall–Kier alpha value is -0.170. The number of aliphatic hydroxyl groups is 1. The minimum atomic E-state index is -3.83. The average molecular weight is 197 g/mol. The van der Waals surface area contributed by atoms with Crippen molar-refractivity contribution < 1.29 is 18.1 Å². The van der Waals surface area contributed by atoms with Crippen molar-refractivity contribution in [2.45, 2.75) is 19.4 Å². The van der Waals surface area contributed by atoms with Gasteiger partial charge in [-0.1, -0.05) is 0 Å². The van der Waals surface area contributed by atoms with Crippen LogP contribution in [0.1, 0.15) is 13.3 Å². The van der Waals surface area contributed by atoms with Gasteiger partial charge in [-0.3, -0.25) is 4.55 Å². The summed E-state index contributed by atoms with van der Waals surface area (Å²) >= 11 is 0. The van der Waals surface area contributed by atoms with E-state index in [0.717, 1.165) is 0 Å². The average Bonchev–Trinajstić information content (AvgIpc) is 1.83. The highest BCUT2D eigenvalue weighted by Crippen LogP contribution is 1.86. The molecule has 0 heterocycles. The van der Waals surface area contributed by atoms with Crippen molar-refractivity contribution in [3.63, 3.8) is 0 Å². The summed E-state index contributed by atoms with van der Waals surface area (Å²) in [6.07, 6.45) is -0.0818. The molecule has 0 aromatic rings. The fourth-order valence-corrected chi connectivity index (χ4v) is 1.20. The van der Waals surface area contributed by atoms with Crippen LogP contribution in [0.2, 0.25) is 0 Å². The van der Waals surface area contributed by atoms with E-state index < -0.39 is 16.2 Å². The zero-order valence-electron chi connectivity index (χ0n) is 7.02. The van der Waals surface area contributed by atoms with Gasteiger partial charge < -0.3 is 10.4 Å². The van der Waals surface area contributed by atoms with Crippen LogP contribution in [0.4, 0.5) is 0 Å². The van der Waals surface area contributed by atoms with Gasteiger partial charge >= 0.3 is 0 Å². The van der Waals surface area contributed by atoms with Gasteiger partial charge in [0.05, 0.1) is 11.9 Å². The molecule has 12 heavy (non-hydrogen) atoms. The summed E-state index contributed by atoms with van der Waals surface area (Å²) in [4.78, 5) is 0. The largest absolute Gasteiger partial charge is 0.392 e. The fourth-order valence-electron chi connectivity index (χ4n) is 0.691. The molecule has 1 unspecified atom stereocenters. The summed E-state index contributed by atoms with van der Waals surface area (Å²) < 4.78 is 28.7. The minimum Gasteiger partial charge on any atom is -0.392 e. The molecule has 0 aliphatic carbocycles. The smallest absolute Gasteiger partial charge is 0.264 e. The van der Waals surface area contributed by atoms with Crippen LogP contribution in [0.5, 0.6) is 0 Å². The first-order chi connectivity index (χ1) is 5.42. The normalized spacial score (nSPS) is 14.6. The van der Waals surface area contributed by atoms with E-state index >= 15 is 0 Å². The summed E-state index contributed by atoms with van der Waals surface area (Å²) in [5.41, 5.74) is 0. The van der Waals surface area contributed by atoms with E-state index in [0.29, 0.717) is 19.5 Å². The highest BCUT2D eigenvalue weighted by Gasteiger charge is 2.02. The second-order valence-electron chi connectivity index (χ2n) is 2.69. The summed E-state index contributed by atoms with van der Waals surface area (Å²) in [6, 6.07) is 0. The van der Waals surface area contributed by atoms with Crippen LogP contribution in [0.15, 0.2) is 0 Å². The Bertz CT molecular complexity index is 200. The molecule has 0 fully saturated rings. The molecule has 0 rings (SSSR count). The van der Waals surface area contributed by atoms with Crippen LogP contribution in [0, 0.1) is 0 Å². The van der Waals surface area contributed by atoms with Crippen molar-refractivity contribution in [3.8, 4) is 0 Å². The van der Waals surface area contributed by atoms with Crippen molar-refractivity contribution in [2.24, 2.45) is 0 Å². The monoisotopic (exact) mass is 197 g/mol. The molecule has 3 N–H and O–H groups in total. The maximum atomic E-state index is 10.2. The number of hydrogen-bond donors (Lipinski definition) is 3. The molecule has 0 radical (unpaired) electrons. The van der Waals surface area contributed by atoms with Gasteiger partial charge in [0.1, 0.15) is 0 Å². The van der Waals surface area contributed by atoms with E-state index in [4.69, 9.17) is 9.66 Å². The zero-order chi connectivity index (χ0) is 9.61. The van der Waals surface area contributed by atoms with Crippen molar-refractivity contribution in [1.82, 2.24) is 5.32 Å². The quantitative estimate of drug-likeness (QED) is 0.384. The highest BCUT2D eigenvalue weighted by molar-refractivity contribution is 7.85. The molecule has 1 atom stereocenters. The van der Waals surface area contributed by atoms with Crippen molar-refractivity contribution in [2.75, 3.05) is 18.8 Å². The molecule has 0 spiro atoms. The Labute approximate surface area is 72.5 Å². The molecule has 0 amide bonds. The summed E-state index contributed by atoms with van der Waals surface area (Å²) in [6.45, 7) is 2.55. The third-order valence-corrected chi connectivity index (χ3v) is 2.00. The number of aliphatic hydroxyl groups excluding tert-OH is 1.